The van der Waals surface area contributed by atoms with Gasteiger partial charge in [-0.3, -0.25) is 9.69 Å². The quantitative estimate of drug-likeness (QED) is 0.645. The van der Waals surface area contributed by atoms with E-state index in [4.69, 9.17) is 10.5 Å². The van der Waals surface area contributed by atoms with Gasteiger partial charge in [0, 0.05) is 45.2 Å². The number of amides is 1. The van der Waals surface area contributed by atoms with E-state index >= 15 is 0 Å². The van der Waals surface area contributed by atoms with E-state index in [9.17, 15) is 4.79 Å². The van der Waals surface area contributed by atoms with Crippen LogP contribution in [-0.4, -0.2) is 67.7 Å². The summed E-state index contributed by atoms with van der Waals surface area (Å²) in [5.41, 5.74) is 5.73. The van der Waals surface area contributed by atoms with Crippen molar-refractivity contribution in [3.63, 3.8) is 0 Å². The standard InChI is InChI=1S/C10H19N3O2/c11-9-7-10(14)13(8-9)2-1-12-3-5-15-6-4-12/h9H,1-8,11H2/t9-/m0/s1. The summed E-state index contributed by atoms with van der Waals surface area (Å²) in [6, 6.07) is 0.0437. The van der Waals surface area contributed by atoms with Crippen LogP contribution in [-0.2, 0) is 9.53 Å². The molecule has 2 N–H and O–H groups in total. The summed E-state index contributed by atoms with van der Waals surface area (Å²) in [7, 11) is 0. The third-order valence-electron chi connectivity index (χ3n) is 3.03. The number of morpholine rings is 1. The van der Waals surface area contributed by atoms with Gasteiger partial charge in [-0.1, -0.05) is 0 Å². The van der Waals surface area contributed by atoms with Crippen LogP contribution >= 0.6 is 0 Å². The van der Waals surface area contributed by atoms with E-state index in [0.717, 1.165) is 45.9 Å². The first-order valence-corrected chi connectivity index (χ1v) is 5.59. The largest absolute Gasteiger partial charge is 0.379 e. The molecule has 0 aromatic heterocycles. The van der Waals surface area contributed by atoms with E-state index < -0.39 is 0 Å². The highest BCUT2D eigenvalue weighted by Gasteiger charge is 2.26. The molecule has 2 heterocycles. The molecule has 2 aliphatic heterocycles. The molecule has 5 nitrogen and oxygen atoms in total. The number of ether oxygens (including phenoxy) is 1. The predicted molar refractivity (Wildman–Crippen MR) is 56.4 cm³/mol. The minimum absolute atomic E-state index is 0.0437. The Kier molecular flexibility index (Phi) is 3.56. The number of nitrogens with zero attached hydrogens (tertiary/aromatic N) is 2. The van der Waals surface area contributed by atoms with Gasteiger partial charge in [0.1, 0.15) is 0 Å². The lowest BCUT2D eigenvalue weighted by Crippen LogP contribution is -2.42. The fourth-order valence-electron chi connectivity index (χ4n) is 2.11. The van der Waals surface area contributed by atoms with Crippen molar-refractivity contribution in [3.8, 4) is 0 Å². The van der Waals surface area contributed by atoms with Crippen LogP contribution in [0.15, 0.2) is 0 Å². The van der Waals surface area contributed by atoms with Crippen molar-refractivity contribution < 1.29 is 9.53 Å². The molecule has 1 atom stereocenters. The highest BCUT2D eigenvalue weighted by atomic mass is 16.5. The first-order chi connectivity index (χ1) is 7.25. The zero-order valence-corrected chi connectivity index (χ0v) is 9.02. The molecule has 15 heavy (non-hydrogen) atoms. The molecule has 0 aromatic rings. The summed E-state index contributed by atoms with van der Waals surface area (Å²) in [5, 5.41) is 0. The summed E-state index contributed by atoms with van der Waals surface area (Å²) < 4.78 is 5.27. The van der Waals surface area contributed by atoms with Gasteiger partial charge in [0.15, 0.2) is 0 Å². The van der Waals surface area contributed by atoms with Crippen LogP contribution in [0.1, 0.15) is 6.42 Å². The molecule has 0 aromatic carbocycles. The maximum atomic E-state index is 11.5. The minimum atomic E-state index is 0.0437. The number of hydrogen-bond acceptors (Lipinski definition) is 4. The second-order valence-corrected chi connectivity index (χ2v) is 4.26. The van der Waals surface area contributed by atoms with Gasteiger partial charge < -0.3 is 15.4 Å². The topological polar surface area (TPSA) is 58.8 Å². The van der Waals surface area contributed by atoms with Crippen molar-refractivity contribution in [1.29, 1.82) is 0 Å². The lowest BCUT2D eigenvalue weighted by molar-refractivity contribution is -0.128. The Bertz CT molecular complexity index is 229. The number of rotatable bonds is 3. The van der Waals surface area contributed by atoms with E-state index in [2.05, 4.69) is 4.90 Å². The Morgan fingerprint density at radius 1 is 1.33 bits per heavy atom. The first-order valence-electron chi connectivity index (χ1n) is 5.59. The molecular weight excluding hydrogens is 194 g/mol. The Morgan fingerprint density at radius 2 is 2.07 bits per heavy atom. The zero-order valence-electron chi connectivity index (χ0n) is 9.02. The third kappa shape index (κ3) is 2.90. The predicted octanol–water partition coefficient (Wildman–Crippen LogP) is -1.12. The van der Waals surface area contributed by atoms with Crippen LogP contribution in [0.3, 0.4) is 0 Å². The molecule has 0 bridgehead atoms. The average molecular weight is 213 g/mol. The monoisotopic (exact) mass is 213 g/mol. The van der Waals surface area contributed by atoms with Crippen LogP contribution in [0.5, 0.6) is 0 Å². The molecule has 0 unspecified atom stereocenters. The molecule has 2 aliphatic rings. The molecular formula is C10H19N3O2. The maximum absolute atomic E-state index is 11.5. The Labute approximate surface area is 90.1 Å². The number of nitrogens with two attached hydrogens (primary N) is 1. The van der Waals surface area contributed by atoms with Crippen LogP contribution < -0.4 is 5.73 Å². The molecule has 0 spiro atoms. The third-order valence-corrected chi connectivity index (χ3v) is 3.03. The van der Waals surface area contributed by atoms with Crippen molar-refractivity contribution in [2.75, 3.05) is 45.9 Å². The summed E-state index contributed by atoms with van der Waals surface area (Å²) in [6.45, 7) is 6.07. The number of likely N-dealkylation sites (tertiary alicyclic amines) is 1. The van der Waals surface area contributed by atoms with Crippen LogP contribution in [0.2, 0.25) is 0 Å². The number of carbonyl (C=O) groups excluding carboxylic acids is 1. The van der Waals surface area contributed by atoms with Gasteiger partial charge in [-0.2, -0.15) is 0 Å². The number of hydrogen-bond donors (Lipinski definition) is 1. The molecule has 2 saturated heterocycles. The van der Waals surface area contributed by atoms with Crippen LogP contribution in [0, 0.1) is 0 Å². The average Bonchev–Trinajstić information content (AvgIpc) is 2.56. The van der Waals surface area contributed by atoms with Gasteiger partial charge in [-0.25, -0.2) is 0 Å². The highest BCUT2D eigenvalue weighted by Crippen LogP contribution is 2.08. The summed E-state index contributed by atoms with van der Waals surface area (Å²) in [6.07, 6.45) is 0.517. The van der Waals surface area contributed by atoms with Crippen molar-refractivity contribution >= 4 is 5.91 Å². The lowest BCUT2D eigenvalue weighted by atomic mass is 10.3. The molecule has 2 rings (SSSR count). The van der Waals surface area contributed by atoms with Gasteiger partial charge in [0.25, 0.3) is 0 Å². The smallest absolute Gasteiger partial charge is 0.224 e. The summed E-state index contributed by atoms with van der Waals surface area (Å²) in [5.74, 6) is 0.204. The molecule has 86 valence electrons. The van der Waals surface area contributed by atoms with E-state index in [0.29, 0.717) is 6.42 Å². The van der Waals surface area contributed by atoms with Gasteiger partial charge in [-0.05, 0) is 0 Å². The van der Waals surface area contributed by atoms with E-state index in [-0.39, 0.29) is 11.9 Å². The fraction of sp³-hybridized carbons (Fsp3) is 0.900. The summed E-state index contributed by atoms with van der Waals surface area (Å²) >= 11 is 0. The first kappa shape index (κ1) is 10.9. The fourth-order valence-corrected chi connectivity index (χ4v) is 2.11. The molecule has 0 aliphatic carbocycles. The molecule has 5 heteroatoms. The maximum Gasteiger partial charge on any atom is 0.224 e. The van der Waals surface area contributed by atoms with Gasteiger partial charge in [0.05, 0.1) is 13.2 Å². The van der Waals surface area contributed by atoms with Crippen LogP contribution in [0.4, 0.5) is 0 Å². The van der Waals surface area contributed by atoms with Gasteiger partial charge >= 0.3 is 0 Å². The highest BCUT2D eigenvalue weighted by molar-refractivity contribution is 5.79. The SMILES string of the molecule is N[C@H]1CC(=O)N(CCN2CCOCC2)C1. The van der Waals surface area contributed by atoms with Gasteiger partial charge in [-0.15, -0.1) is 0 Å². The van der Waals surface area contributed by atoms with Gasteiger partial charge in [0.2, 0.25) is 5.91 Å². The molecule has 2 fully saturated rings. The second kappa shape index (κ2) is 4.92. The van der Waals surface area contributed by atoms with Crippen molar-refractivity contribution in [2.45, 2.75) is 12.5 Å². The van der Waals surface area contributed by atoms with E-state index in [1.165, 1.54) is 0 Å². The van der Waals surface area contributed by atoms with Crippen LogP contribution in [0.25, 0.3) is 0 Å². The van der Waals surface area contributed by atoms with Crippen molar-refractivity contribution in [1.82, 2.24) is 9.80 Å². The normalized spacial score (nSPS) is 28.7. The Hall–Kier alpha value is -0.650. The van der Waals surface area contributed by atoms with E-state index in [1.54, 1.807) is 0 Å². The molecule has 1 amide bonds. The molecule has 0 saturated carbocycles. The Balaban J connectivity index is 1.70. The zero-order chi connectivity index (χ0) is 10.7. The van der Waals surface area contributed by atoms with Crippen molar-refractivity contribution in [2.24, 2.45) is 5.73 Å². The lowest BCUT2D eigenvalue weighted by Gasteiger charge is -2.28. The van der Waals surface area contributed by atoms with Crippen molar-refractivity contribution in [3.05, 3.63) is 0 Å². The molecule has 0 radical (unpaired) electrons. The second-order valence-electron chi connectivity index (χ2n) is 4.26. The minimum Gasteiger partial charge on any atom is -0.379 e. The van der Waals surface area contributed by atoms with E-state index in [1.807, 2.05) is 4.90 Å². The Morgan fingerprint density at radius 3 is 2.67 bits per heavy atom. The summed E-state index contributed by atoms with van der Waals surface area (Å²) in [4.78, 5) is 15.7. The number of carbonyl (C=O) groups is 1.